The SMILES string of the molecule is COc1ccc(C)cc1SC(C)(C)O. The van der Waals surface area contributed by atoms with Crippen LogP contribution in [0.1, 0.15) is 19.4 Å². The maximum atomic E-state index is 9.69. The van der Waals surface area contributed by atoms with Crippen LogP contribution in [0.25, 0.3) is 0 Å². The van der Waals surface area contributed by atoms with Crippen LogP contribution in [0.5, 0.6) is 5.75 Å². The number of hydrogen-bond acceptors (Lipinski definition) is 3. The molecule has 14 heavy (non-hydrogen) atoms. The third-order valence-corrected chi connectivity index (χ3v) is 2.72. The van der Waals surface area contributed by atoms with Crippen molar-refractivity contribution in [3.05, 3.63) is 23.8 Å². The number of hydrogen-bond donors (Lipinski definition) is 1. The fourth-order valence-corrected chi connectivity index (χ4v) is 2.17. The molecule has 0 amide bonds. The lowest BCUT2D eigenvalue weighted by molar-refractivity contribution is 0.179. The van der Waals surface area contributed by atoms with Gasteiger partial charge >= 0.3 is 0 Å². The molecule has 0 saturated carbocycles. The van der Waals surface area contributed by atoms with Crippen LogP contribution in [0, 0.1) is 6.92 Å². The lowest BCUT2D eigenvalue weighted by atomic mass is 10.2. The minimum Gasteiger partial charge on any atom is -0.496 e. The molecule has 0 aliphatic rings. The van der Waals surface area contributed by atoms with Gasteiger partial charge in [0.25, 0.3) is 0 Å². The van der Waals surface area contributed by atoms with E-state index in [-0.39, 0.29) is 0 Å². The number of methoxy groups -OCH3 is 1. The molecule has 1 aromatic rings. The average Bonchev–Trinajstić information content (AvgIpc) is 2.01. The highest BCUT2D eigenvalue weighted by Gasteiger charge is 2.17. The van der Waals surface area contributed by atoms with Gasteiger partial charge in [0.05, 0.1) is 12.0 Å². The molecule has 0 saturated heterocycles. The van der Waals surface area contributed by atoms with Gasteiger partial charge in [-0.05, 0) is 38.5 Å². The highest BCUT2D eigenvalue weighted by Crippen LogP contribution is 2.36. The zero-order chi connectivity index (χ0) is 10.8. The Morgan fingerprint density at radius 3 is 2.50 bits per heavy atom. The van der Waals surface area contributed by atoms with Crippen molar-refractivity contribution in [2.75, 3.05) is 7.11 Å². The van der Waals surface area contributed by atoms with E-state index < -0.39 is 4.93 Å². The Balaban J connectivity index is 2.99. The van der Waals surface area contributed by atoms with Gasteiger partial charge in [-0.2, -0.15) is 0 Å². The minimum absolute atomic E-state index is 0.777. The first-order valence-corrected chi connectivity index (χ1v) is 5.30. The van der Waals surface area contributed by atoms with E-state index in [9.17, 15) is 5.11 Å². The molecule has 2 nitrogen and oxygen atoms in total. The summed E-state index contributed by atoms with van der Waals surface area (Å²) in [4.78, 5) is 0.196. The normalized spacial score (nSPS) is 11.5. The predicted molar refractivity (Wildman–Crippen MR) is 59.9 cm³/mol. The number of ether oxygens (including phenoxy) is 1. The Morgan fingerprint density at radius 1 is 1.36 bits per heavy atom. The van der Waals surface area contributed by atoms with E-state index >= 15 is 0 Å². The monoisotopic (exact) mass is 212 g/mol. The molecule has 0 aliphatic heterocycles. The van der Waals surface area contributed by atoms with Gasteiger partial charge in [-0.1, -0.05) is 17.8 Å². The Hall–Kier alpha value is -0.670. The number of rotatable bonds is 3. The molecule has 0 unspecified atom stereocenters. The van der Waals surface area contributed by atoms with Crippen LogP contribution in [-0.4, -0.2) is 17.1 Å². The largest absolute Gasteiger partial charge is 0.496 e. The molecule has 0 spiro atoms. The summed E-state index contributed by atoms with van der Waals surface area (Å²) in [6.45, 7) is 5.55. The van der Waals surface area contributed by atoms with E-state index in [1.54, 1.807) is 21.0 Å². The van der Waals surface area contributed by atoms with E-state index in [1.165, 1.54) is 11.8 Å². The first kappa shape index (κ1) is 11.4. The molecule has 0 fully saturated rings. The lowest BCUT2D eigenvalue weighted by Crippen LogP contribution is -2.12. The van der Waals surface area contributed by atoms with E-state index in [1.807, 2.05) is 25.1 Å². The van der Waals surface area contributed by atoms with Gasteiger partial charge in [0.1, 0.15) is 10.7 Å². The molecule has 3 heteroatoms. The summed E-state index contributed by atoms with van der Waals surface area (Å²) in [5, 5.41) is 9.69. The average molecular weight is 212 g/mol. The van der Waals surface area contributed by atoms with Gasteiger partial charge in [0.2, 0.25) is 0 Å². The Morgan fingerprint density at radius 2 is 2.00 bits per heavy atom. The van der Waals surface area contributed by atoms with E-state index in [0.717, 1.165) is 16.2 Å². The number of benzene rings is 1. The highest BCUT2D eigenvalue weighted by molar-refractivity contribution is 8.00. The summed E-state index contributed by atoms with van der Waals surface area (Å²) in [6, 6.07) is 5.93. The first-order valence-electron chi connectivity index (χ1n) is 4.48. The third-order valence-electron chi connectivity index (χ3n) is 1.68. The summed E-state index contributed by atoms with van der Waals surface area (Å²) < 4.78 is 5.21. The minimum atomic E-state index is -0.777. The Labute approximate surface area is 89.3 Å². The molecule has 0 heterocycles. The summed E-state index contributed by atoms with van der Waals surface area (Å²) in [5.41, 5.74) is 1.16. The van der Waals surface area contributed by atoms with Gasteiger partial charge in [-0.3, -0.25) is 0 Å². The second kappa shape index (κ2) is 4.24. The zero-order valence-electron chi connectivity index (χ0n) is 9.00. The molecule has 0 radical (unpaired) electrons. The summed E-state index contributed by atoms with van der Waals surface area (Å²) in [7, 11) is 1.64. The molecule has 78 valence electrons. The van der Waals surface area contributed by atoms with Crippen molar-refractivity contribution < 1.29 is 9.84 Å². The van der Waals surface area contributed by atoms with E-state index in [4.69, 9.17) is 4.74 Å². The summed E-state index contributed by atoms with van der Waals surface area (Å²) in [5.74, 6) is 0.808. The molecule has 0 aromatic heterocycles. The molecule has 0 bridgehead atoms. The number of thioether (sulfide) groups is 1. The van der Waals surface area contributed by atoms with Crippen molar-refractivity contribution in [3.63, 3.8) is 0 Å². The number of aliphatic hydroxyl groups is 1. The van der Waals surface area contributed by atoms with E-state index in [2.05, 4.69) is 0 Å². The standard InChI is InChI=1S/C11H16O2S/c1-8-5-6-9(13-4)10(7-8)14-11(2,3)12/h5-7,12H,1-4H3. The van der Waals surface area contributed by atoms with Crippen LogP contribution in [0.4, 0.5) is 0 Å². The Kier molecular flexibility index (Phi) is 3.45. The zero-order valence-corrected chi connectivity index (χ0v) is 9.81. The molecule has 0 aliphatic carbocycles. The summed E-state index contributed by atoms with van der Waals surface area (Å²) in [6.07, 6.45) is 0. The van der Waals surface area contributed by atoms with Crippen molar-refractivity contribution >= 4 is 11.8 Å². The maximum absolute atomic E-state index is 9.69. The van der Waals surface area contributed by atoms with Crippen molar-refractivity contribution in [3.8, 4) is 5.75 Å². The smallest absolute Gasteiger partial charge is 0.132 e. The van der Waals surface area contributed by atoms with Crippen LogP contribution in [0.15, 0.2) is 23.1 Å². The second-order valence-corrected chi connectivity index (χ2v) is 5.35. The highest BCUT2D eigenvalue weighted by atomic mass is 32.2. The van der Waals surface area contributed by atoms with Gasteiger partial charge in [-0.25, -0.2) is 0 Å². The molecule has 1 aromatic carbocycles. The van der Waals surface area contributed by atoms with Gasteiger partial charge in [-0.15, -0.1) is 0 Å². The molecule has 1 N–H and O–H groups in total. The fraction of sp³-hybridized carbons (Fsp3) is 0.455. The quantitative estimate of drug-likeness (QED) is 0.617. The second-order valence-electron chi connectivity index (χ2n) is 3.70. The fourth-order valence-electron chi connectivity index (χ4n) is 1.13. The van der Waals surface area contributed by atoms with Crippen LogP contribution in [0.3, 0.4) is 0 Å². The Bertz CT molecular complexity index is 316. The molecular weight excluding hydrogens is 196 g/mol. The van der Waals surface area contributed by atoms with Crippen LogP contribution in [0.2, 0.25) is 0 Å². The molecular formula is C11H16O2S. The van der Waals surface area contributed by atoms with Gasteiger partial charge < -0.3 is 9.84 Å². The van der Waals surface area contributed by atoms with Crippen molar-refractivity contribution in [2.24, 2.45) is 0 Å². The van der Waals surface area contributed by atoms with Crippen LogP contribution < -0.4 is 4.74 Å². The predicted octanol–water partition coefficient (Wildman–Crippen LogP) is 2.82. The van der Waals surface area contributed by atoms with Gasteiger partial charge in [0.15, 0.2) is 0 Å². The van der Waals surface area contributed by atoms with Gasteiger partial charge in [0, 0.05) is 0 Å². The van der Waals surface area contributed by atoms with E-state index in [0.29, 0.717) is 0 Å². The lowest BCUT2D eigenvalue weighted by Gasteiger charge is -2.18. The van der Waals surface area contributed by atoms with Crippen molar-refractivity contribution in [2.45, 2.75) is 30.6 Å². The summed E-state index contributed by atoms with van der Waals surface area (Å²) >= 11 is 1.40. The molecule has 1 rings (SSSR count). The maximum Gasteiger partial charge on any atom is 0.132 e. The molecule has 0 atom stereocenters. The number of aryl methyl sites for hydroxylation is 1. The first-order chi connectivity index (χ1) is 6.42. The van der Waals surface area contributed by atoms with Crippen LogP contribution >= 0.6 is 11.8 Å². The third kappa shape index (κ3) is 3.24. The van der Waals surface area contributed by atoms with Crippen LogP contribution in [-0.2, 0) is 0 Å². The van der Waals surface area contributed by atoms with Crippen molar-refractivity contribution in [1.29, 1.82) is 0 Å². The van der Waals surface area contributed by atoms with Crippen molar-refractivity contribution in [1.82, 2.24) is 0 Å². The topological polar surface area (TPSA) is 29.5 Å².